The second-order valence-corrected chi connectivity index (χ2v) is 3.75. The highest BCUT2D eigenvalue weighted by molar-refractivity contribution is 5.64. The number of nitrogens with one attached hydrogen (secondary N) is 1. The molecule has 0 aliphatic carbocycles. The van der Waals surface area contributed by atoms with Gasteiger partial charge in [0.1, 0.15) is 0 Å². The van der Waals surface area contributed by atoms with Crippen molar-refractivity contribution in [3.05, 3.63) is 0 Å². The number of carbonyl (C=O) groups is 1. The van der Waals surface area contributed by atoms with E-state index in [1.807, 2.05) is 0 Å². The Morgan fingerprint density at radius 1 is 1.06 bits per heavy atom. The number of unbranched alkanes of at least 4 members (excludes halogenated alkanes) is 4. The molecule has 5 heteroatoms. The van der Waals surface area contributed by atoms with Gasteiger partial charge in [0.25, 0.3) is 0 Å². The van der Waals surface area contributed by atoms with Crippen molar-refractivity contribution < 1.29 is 14.6 Å². The molecule has 0 aromatic rings. The Labute approximate surface area is 97.3 Å². The lowest BCUT2D eigenvalue weighted by Crippen LogP contribution is -2.21. The molecule has 0 atom stereocenters. The smallest absolute Gasteiger partial charge is 0.404 e. The zero-order valence-electron chi connectivity index (χ0n) is 9.91. The topological polar surface area (TPSA) is 84.6 Å². The maximum Gasteiger partial charge on any atom is 0.404 e. The summed E-state index contributed by atoms with van der Waals surface area (Å²) in [5, 5.41) is 10.6. The minimum absolute atomic E-state index is 0.534. The van der Waals surface area contributed by atoms with E-state index in [0.717, 1.165) is 58.3 Å². The molecule has 0 aromatic heterocycles. The van der Waals surface area contributed by atoms with Gasteiger partial charge in [0.15, 0.2) is 0 Å². The van der Waals surface area contributed by atoms with Gasteiger partial charge in [-0.15, -0.1) is 0 Å². The maximum absolute atomic E-state index is 10.1. The van der Waals surface area contributed by atoms with Crippen molar-refractivity contribution in [1.29, 1.82) is 0 Å². The van der Waals surface area contributed by atoms with Crippen molar-refractivity contribution in [1.82, 2.24) is 5.32 Å². The number of nitrogens with two attached hydrogens (primary N) is 1. The van der Waals surface area contributed by atoms with Gasteiger partial charge in [-0.05, 0) is 45.1 Å². The first-order valence-electron chi connectivity index (χ1n) is 6.02. The Hall–Kier alpha value is -0.810. The van der Waals surface area contributed by atoms with Crippen LogP contribution in [0, 0.1) is 0 Å². The van der Waals surface area contributed by atoms with Crippen LogP contribution in [-0.2, 0) is 4.74 Å². The third kappa shape index (κ3) is 13.2. The van der Waals surface area contributed by atoms with Gasteiger partial charge < -0.3 is 20.9 Å². The highest BCUT2D eigenvalue weighted by atomic mass is 16.5. The Balaban J connectivity index is 2.90. The lowest BCUT2D eigenvalue weighted by atomic mass is 10.2. The third-order valence-corrected chi connectivity index (χ3v) is 2.23. The van der Waals surface area contributed by atoms with Gasteiger partial charge in [-0.1, -0.05) is 0 Å². The Morgan fingerprint density at radius 2 is 1.69 bits per heavy atom. The number of rotatable bonds is 11. The third-order valence-electron chi connectivity index (χ3n) is 2.23. The van der Waals surface area contributed by atoms with E-state index in [0.29, 0.717) is 6.54 Å². The first-order valence-corrected chi connectivity index (χ1v) is 6.02. The van der Waals surface area contributed by atoms with Crippen LogP contribution in [0.2, 0.25) is 0 Å². The highest BCUT2D eigenvalue weighted by Crippen LogP contribution is 1.98. The number of hydrogen-bond acceptors (Lipinski definition) is 3. The first-order chi connectivity index (χ1) is 7.77. The molecule has 0 aliphatic rings. The van der Waals surface area contributed by atoms with E-state index in [9.17, 15) is 4.79 Å². The molecule has 0 saturated heterocycles. The molecule has 0 aromatic carbocycles. The molecule has 0 spiro atoms. The molecule has 0 aliphatic heterocycles. The summed E-state index contributed by atoms with van der Waals surface area (Å²) in [6, 6.07) is 0. The zero-order chi connectivity index (χ0) is 12.1. The normalized spacial score (nSPS) is 10.3. The Morgan fingerprint density at radius 3 is 2.25 bits per heavy atom. The molecule has 4 N–H and O–H groups in total. The van der Waals surface area contributed by atoms with Crippen molar-refractivity contribution in [3.8, 4) is 0 Å². The molecule has 0 heterocycles. The Kier molecular flexibility index (Phi) is 11.6. The summed E-state index contributed by atoms with van der Waals surface area (Å²) in [4.78, 5) is 10.1. The van der Waals surface area contributed by atoms with Gasteiger partial charge in [-0.2, -0.15) is 0 Å². The molecule has 0 fully saturated rings. The van der Waals surface area contributed by atoms with E-state index in [-0.39, 0.29) is 0 Å². The molecular formula is C11H24N2O3. The lowest BCUT2D eigenvalue weighted by molar-refractivity contribution is 0.126. The van der Waals surface area contributed by atoms with Crippen molar-refractivity contribution >= 4 is 6.09 Å². The number of carboxylic acid groups (broad SMARTS) is 1. The largest absolute Gasteiger partial charge is 0.465 e. The van der Waals surface area contributed by atoms with E-state index in [1.54, 1.807) is 0 Å². The summed E-state index contributed by atoms with van der Waals surface area (Å²) in [6.07, 6.45) is 5.22. The molecule has 16 heavy (non-hydrogen) atoms. The minimum atomic E-state index is -0.948. The summed E-state index contributed by atoms with van der Waals surface area (Å²) >= 11 is 0. The molecule has 1 amide bonds. The summed E-state index contributed by atoms with van der Waals surface area (Å²) in [6.45, 7) is 2.88. The van der Waals surface area contributed by atoms with Crippen molar-refractivity contribution in [3.63, 3.8) is 0 Å². The average Bonchev–Trinajstić information content (AvgIpc) is 2.25. The van der Waals surface area contributed by atoms with Crippen molar-refractivity contribution in [2.45, 2.75) is 38.5 Å². The second-order valence-electron chi connectivity index (χ2n) is 3.75. The zero-order valence-corrected chi connectivity index (χ0v) is 9.91. The van der Waals surface area contributed by atoms with Crippen LogP contribution in [0.4, 0.5) is 4.79 Å². The summed E-state index contributed by atoms with van der Waals surface area (Å²) in [7, 11) is 0. The van der Waals surface area contributed by atoms with Crippen LogP contribution in [0.15, 0.2) is 0 Å². The highest BCUT2D eigenvalue weighted by Gasteiger charge is 1.94. The summed E-state index contributed by atoms with van der Waals surface area (Å²) in [5.74, 6) is 0. The molecule has 0 radical (unpaired) electrons. The standard InChI is InChI=1S/C11H24N2O3/c12-7-3-1-5-9-16-10-6-2-4-8-13-11(14)15/h13H,1-10,12H2,(H,14,15). The monoisotopic (exact) mass is 232 g/mol. The fraction of sp³-hybridized carbons (Fsp3) is 0.909. The molecule has 96 valence electrons. The van der Waals surface area contributed by atoms with E-state index in [2.05, 4.69) is 5.32 Å². The van der Waals surface area contributed by atoms with Crippen LogP contribution in [0.25, 0.3) is 0 Å². The van der Waals surface area contributed by atoms with E-state index in [1.165, 1.54) is 0 Å². The van der Waals surface area contributed by atoms with Gasteiger partial charge in [-0.3, -0.25) is 0 Å². The predicted octanol–water partition coefficient (Wildman–Crippen LogP) is 1.57. The van der Waals surface area contributed by atoms with Gasteiger partial charge in [-0.25, -0.2) is 4.79 Å². The number of ether oxygens (including phenoxy) is 1. The van der Waals surface area contributed by atoms with Crippen LogP contribution in [0.3, 0.4) is 0 Å². The number of hydrogen-bond donors (Lipinski definition) is 3. The summed E-state index contributed by atoms with van der Waals surface area (Å²) < 4.78 is 5.43. The van der Waals surface area contributed by atoms with Crippen LogP contribution in [0.1, 0.15) is 38.5 Å². The lowest BCUT2D eigenvalue weighted by Gasteiger charge is -2.04. The molecule has 0 bridgehead atoms. The second kappa shape index (κ2) is 12.3. The van der Waals surface area contributed by atoms with E-state index >= 15 is 0 Å². The van der Waals surface area contributed by atoms with Crippen molar-refractivity contribution in [2.75, 3.05) is 26.3 Å². The quantitative estimate of drug-likeness (QED) is 0.472. The van der Waals surface area contributed by atoms with Crippen LogP contribution < -0.4 is 11.1 Å². The first kappa shape index (κ1) is 15.2. The molecule has 5 nitrogen and oxygen atoms in total. The van der Waals surface area contributed by atoms with E-state index in [4.69, 9.17) is 15.6 Å². The van der Waals surface area contributed by atoms with E-state index < -0.39 is 6.09 Å². The van der Waals surface area contributed by atoms with Gasteiger partial charge >= 0.3 is 6.09 Å². The van der Waals surface area contributed by atoms with Gasteiger partial charge in [0, 0.05) is 19.8 Å². The van der Waals surface area contributed by atoms with Crippen LogP contribution in [0.5, 0.6) is 0 Å². The molecule has 0 rings (SSSR count). The SMILES string of the molecule is NCCCCCOCCCCCNC(=O)O. The molecule has 0 saturated carbocycles. The fourth-order valence-electron chi connectivity index (χ4n) is 1.33. The maximum atomic E-state index is 10.1. The van der Waals surface area contributed by atoms with Crippen molar-refractivity contribution in [2.24, 2.45) is 5.73 Å². The van der Waals surface area contributed by atoms with Gasteiger partial charge in [0.2, 0.25) is 0 Å². The van der Waals surface area contributed by atoms with Gasteiger partial charge in [0.05, 0.1) is 0 Å². The van der Waals surface area contributed by atoms with Crippen LogP contribution >= 0.6 is 0 Å². The number of amides is 1. The predicted molar refractivity (Wildman–Crippen MR) is 63.6 cm³/mol. The average molecular weight is 232 g/mol. The minimum Gasteiger partial charge on any atom is -0.465 e. The Bertz CT molecular complexity index is 165. The van der Waals surface area contributed by atoms with Crippen LogP contribution in [-0.4, -0.2) is 37.5 Å². The summed E-state index contributed by atoms with van der Waals surface area (Å²) in [5.41, 5.74) is 5.37. The molecular weight excluding hydrogens is 208 g/mol. The molecule has 0 unspecified atom stereocenters. The fourth-order valence-corrected chi connectivity index (χ4v) is 1.33.